The first-order valence-electron chi connectivity index (χ1n) is 6.08. The Labute approximate surface area is 147 Å². The molecular formula is C12H24N2O12. The molecular weight excluding hydrogens is 364 g/mol. The van der Waals surface area contributed by atoms with Gasteiger partial charge in [-0.1, -0.05) is 0 Å². The summed E-state index contributed by atoms with van der Waals surface area (Å²) >= 11 is 0. The predicted octanol–water partition coefficient (Wildman–Crippen LogP) is -1.02. The standard InChI is InChI=1S/C6H9NO6.3C2H4O2.H3N/c8-4(9)1-7(2-5(10)11)3-6(12)13;3*1-2(3)4;/h1-3H2,(H,8,9)(H,10,11)(H,12,13);3*1H3,(H,3,4);1H3. The van der Waals surface area contributed by atoms with Crippen LogP contribution in [0.25, 0.3) is 0 Å². The fourth-order valence-electron chi connectivity index (χ4n) is 0.742. The number of rotatable bonds is 6. The maximum absolute atomic E-state index is 10.1. The summed E-state index contributed by atoms with van der Waals surface area (Å²) in [6.45, 7) is 1.45. The Morgan fingerprint density at radius 3 is 0.731 bits per heavy atom. The fourth-order valence-corrected chi connectivity index (χ4v) is 0.742. The molecule has 0 aromatic heterocycles. The predicted molar refractivity (Wildman–Crippen MR) is 84.3 cm³/mol. The molecule has 0 unspecified atom stereocenters. The Bertz CT molecular complexity index is 385. The molecule has 0 saturated heterocycles. The third kappa shape index (κ3) is 106. The SMILES string of the molecule is CC(=O)O.CC(=O)O.CC(=O)O.N.O=C(O)CN(CC(=O)O)CC(=O)O. The normalized spacial score (nSPS) is 7.85. The van der Waals surface area contributed by atoms with Crippen LogP contribution in [0.3, 0.4) is 0 Å². The third-order valence-corrected chi connectivity index (χ3v) is 1.08. The van der Waals surface area contributed by atoms with E-state index in [1.807, 2.05) is 0 Å². The van der Waals surface area contributed by atoms with Crippen LogP contribution in [0.5, 0.6) is 0 Å². The van der Waals surface area contributed by atoms with Crippen molar-refractivity contribution in [2.75, 3.05) is 19.6 Å². The molecule has 0 amide bonds. The zero-order valence-electron chi connectivity index (χ0n) is 14.4. The summed E-state index contributed by atoms with van der Waals surface area (Å²) in [5, 5.41) is 47.1. The monoisotopic (exact) mass is 388 g/mol. The van der Waals surface area contributed by atoms with Gasteiger partial charge in [-0.3, -0.25) is 33.7 Å². The number of hydrogen-bond donors (Lipinski definition) is 7. The van der Waals surface area contributed by atoms with Crippen molar-refractivity contribution in [1.29, 1.82) is 0 Å². The zero-order valence-corrected chi connectivity index (χ0v) is 14.4. The third-order valence-electron chi connectivity index (χ3n) is 1.08. The molecule has 0 atom stereocenters. The van der Waals surface area contributed by atoms with Gasteiger partial charge in [0, 0.05) is 20.8 Å². The van der Waals surface area contributed by atoms with Gasteiger partial charge < -0.3 is 36.8 Å². The van der Waals surface area contributed by atoms with Gasteiger partial charge in [0.2, 0.25) is 0 Å². The van der Waals surface area contributed by atoms with Gasteiger partial charge in [0.25, 0.3) is 17.9 Å². The van der Waals surface area contributed by atoms with E-state index in [0.717, 1.165) is 25.7 Å². The molecule has 0 saturated carbocycles. The molecule has 0 radical (unpaired) electrons. The van der Waals surface area contributed by atoms with Crippen molar-refractivity contribution in [1.82, 2.24) is 11.1 Å². The van der Waals surface area contributed by atoms with E-state index < -0.39 is 55.5 Å². The second-order valence-electron chi connectivity index (χ2n) is 3.88. The second kappa shape index (κ2) is 21.7. The van der Waals surface area contributed by atoms with E-state index in [1.54, 1.807) is 0 Å². The van der Waals surface area contributed by atoms with Crippen LogP contribution in [0, 0.1) is 0 Å². The maximum Gasteiger partial charge on any atom is 0.317 e. The molecule has 0 aliphatic heterocycles. The van der Waals surface area contributed by atoms with Crippen LogP contribution >= 0.6 is 0 Å². The van der Waals surface area contributed by atoms with Crippen LogP contribution in [0.2, 0.25) is 0 Å². The summed E-state index contributed by atoms with van der Waals surface area (Å²) in [5.74, 6) is -6.28. The van der Waals surface area contributed by atoms with Crippen molar-refractivity contribution >= 4 is 35.8 Å². The molecule has 0 aromatic carbocycles. The van der Waals surface area contributed by atoms with E-state index in [9.17, 15) is 14.4 Å². The first-order valence-corrected chi connectivity index (χ1v) is 6.08. The lowest BCUT2D eigenvalue weighted by atomic mass is 10.4. The average molecular weight is 388 g/mol. The lowest BCUT2D eigenvalue weighted by Crippen LogP contribution is -2.38. The smallest absolute Gasteiger partial charge is 0.317 e. The molecule has 0 aliphatic rings. The average Bonchev–Trinajstić information content (AvgIpc) is 2.22. The minimum Gasteiger partial charge on any atom is -0.481 e. The van der Waals surface area contributed by atoms with E-state index in [0.29, 0.717) is 0 Å². The lowest BCUT2D eigenvalue weighted by Gasteiger charge is -2.14. The Balaban J connectivity index is -0.0000000933. The van der Waals surface area contributed by atoms with Gasteiger partial charge in [0.15, 0.2) is 0 Å². The van der Waals surface area contributed by atoms with Crippen molar-refractivity contribution in [3.8, 4) is 0 Å². The van der Waals surface area contributed by atoms with Crippen molar-refractivity contribution < 1.29 is 59.4 Å². The quantitative estimate of drug-likeness (QED) is 0.287. The van der Waals surface area contributed by atoms with Gasteiger partial charge in [-0.05, 0) is 0 Å². The molecule has 0 aromatic rings. The minimum atomic E-state index is -1.26. The van der Waals surface area contributed by atoms with Gasteiger partial charge >= 0.3 is 17.9 Å². The highest BCUT2D eigenvalue weighted by Gasteiger charge is 2.15. The van der Waals surface area contributed by atoms with Crippen molar-refractivity contribution in [3.63, 3.8) is 0 Å². The highest BCUT2D eigenvalue weighted by atomic mass is 16.4. The van der Waals surface area contributed by atoms with Crippen LogP contribution in [-0.2, 0) is 28.8 Å². The van der Waals surface area contributed by atoms with E-state index in [-0.39, 0.29) is 6.15 Å². The Morgan fingerprint density at radius 1 is 0.538 bits per heavy atom. The van der Waals surface area contributed by atoms with Crippen LogP contribution < -0.4 is 6.15 Å². The molecule has 0 fully saturated rings. The topological polar surface area (TPSA) is 262 Å². The van der Waals surface area contributed by atoms with Crippen LogP contribution in [0.4, 0.5) is 0 Å². The van der Waals surface area contributed by atoms with Crippen molar-refractivity contribution in [2.24, 2.45) is 0 Å². The number of nitrogens with zero attached hydrogens (tertiary/aromatic N) is 1. The molecule has 9 N–H and O–H groups in total. The molecule has 0 aliphatic carbocycles. The number of hydrogen-bond acceptors (Lipinski definition) is 8. The van der Waals surface area contributed by atoms with Gasteiger partial charge in [-0.15, -0.1) is 0 Å². The Morgan fingerprint density at radius 2 is 0.654 bits per heavy atom. The molecule has 0 spiro atoms. The van der Waals surface area contributed by atoms with Crippen LogP contribution in [0.15, 0.2) is 0 Å². The minimum absolute atomic E-state index is 0. The van der Waals surface area contributed by atoms with E-state index in [2.05, 4.69) is 0 Å². The summed E-state index contributed by atoms with van der Waals surface area (Å²) in [5.41, 5.74) is 0. The summed E-state index contributed by atoms with van der Waals surface area (Å²) in [6, 6.07) is 0. The number of aliphatic carboxylic acids is 6. The van der Waals surface area contributed by atoms with Crippen molar-refractivity contribution in [3.05, 3.63) is 0 Å². The molecule has 154 valence electrons. The number of carboxylic acid groups (broad SMARTS) is 6. The largest absolute Gasteiger partial charge is 0.481 e. The highest BCUT2D eigenvalue weighted by molar-refractivity contribution is 5.75. The highest BCUT2D eigenvalue weighted by Crippen LogP contribution is 1.87. The molecule has 14 heteroatoms. The Kier molecular flexibility index (Phi) is 28.6. The van der Waals surface area contributed by atoms with Gasteiger partial charge in [0.1, 0.15) is 0 Å². The van der Waals surface area contributed by atoms with Crippen LogP contribution in [0.1, 0.15) is 20.8 Å². The summed E-state index contributed by atoms with van der Waals surface area (Å²) < 4.78 is 0. The number of carboxylic acids is 6. The Hall–Kier alpha value is -3.26. The molecule has 14 nitrogen and oxygen atoms in total. The summed E-state index contributed by atoms with van der Waals surface area (Å²) in [7, 11) is 0. The number of carbonyl (C=O) groups is 6. The molecule has 0 bridgehead atoms. The van der Waals surface area contributed by atoms with E-state index in [4.69, 9.17) is 45.0 Å². The van der Waals surface area contributed by atoms with E-state index >= 15 is 0 Å². The summed E-state index contributed by atoms with van der Waals surface area (Å²) in [6.07, 6.45) is 0. The van der Waals surface area contributed by atoms with Crippen LogP contribution in [-0.4, -0.2) is 91.0 Å². The van der Waals surface area contributed by atoms with Gasteiger partial charge in [-0.25, -0.2) is 0 Å². The summed E-state index contributed by atoms with van der Waals surface area (Å²) in [4.78, 5) is 58.2. The molecule has 26 heavy (non-hydrogen) atoms. The first kappa shape index (κ1) is 34.2. The molecule has 0 heterocycles. The lowest BCUT2D eigenvalue weighted by molar-refractivity contribution is -0.145. The van der Waals surface area contributed by atoms with E-state index in [1.165, 1.54) is 0 Å². The zero-order chi connectivity index (χ0) is 21.2. The first-order chi connectivity index (χ1) is 11.1. The second-order valence-corrected chi connectivity index (χ2v) is 3.88. The van der Waals surface area contributed by atoms with Gasteiger partial charge in [-0.2, -0.15) is 0 Å². The fraction of sp³-hybridized carbons (Fsp3) is 0.500. The van der Waals surface area contributed by atoms with Gasteiger partial charge in [0.05, 0.1) is 19.6 Å². The maximum atomic E-state index is 10.1. The van der Waals surface area contributed by atoms with Crippen molar-refractivity contribution in [2.45, 2.75) is 20.8 Å². The molecule has 0 rings (SSSR count).